The van der Waals surface area contributed by atoms with Gasteiger partial charge in [0, 0.05) is 17.3 Å². The number of ether oxygens (including phenoxy) is 3. The van der Waals surface area contributed by atoms with Crippen LogP contribution in [-0.4, -0.2) is 34.7 Å². The Hall–Kier alpha value is -4.63. The molecule has 1 aromatic heterocycles. The third kappa shape index (κ3) is 4.48. The third-order valence-corrected chi connectivity index (χ3v) is 7.88. The zero-order valence-corrected chi connectivity index (χ0v) is 22.9. The second-order valence-corrected chi connectivity index (χ2v) is 10.7. The summed E-state index contributed by atoms with van der Waals surface area (Å²) in [6.07, 6.45) is -0.0155. The van der Waals surface area contributed by atoms with Gasteiger partial charge in [0.1, 0.15) is 10.8 Å². The smallest absolute Gasteiger partial charge is 0.294 e. The lowest BCUT2D eigenvalue weighted by atomic mass is 9.94. The lowest BCUT2D eigenvalue weighted by Crippen LogP contribution is -2.31. The average Bonchev–Trinajstić information content (AvgIpc) is 3.65. The first-order valence-electron chi connectivity index (χ1n) is 12.8. The van der Waals surface area contributed by atoms with Crippen LogP contribution in [0.4, 0.5) is 5.69 Å². The maximum Gasteiger partial charge on any atom is 0.294 e. The highest BCUT2D eigenvalue weighted by atomic mass is 32.1. The molecule has 1 N–H and O–H groups in total. The number of rotatable bonds is 7. The fourth-order valence-corrected chi connectivity index (χ4v) is 5.91. The molecule has 3 heterocycles. The molecule has 2 aliphatic rings. The number of fused-ring (bicyclic) bond motifs is 1. The third-order valence-electron chi connectivity index (χ3n) is 6.68. The molecule has 6 rings (SSSR count). The van der Waals surface area contributed by atoms with E-state index >= 15 is 0 Å². The molecular formula is C31H26N2O6S. The molecule has 1 amide bonds. The second kappa shape index (κ2) is 10.2. The number of ketones is 1. The molecule has 3 aromatic carbocycles. The van der Waals surface area contributed by atoms with Gasteiger partial charge < -0.3 is 19.3 Å². The van der Waals surface area contributed by atoms with Gasteiger partial charge in [0.15, 0.2) is 17.3 Å². The molecule has 0 saturated heterocycles. The summed E-state index contributed by atoms with van der Waals surface area (Å²) in [7, 11) is 0. The lowest BCUT2D eigenvalue weighted by molar-refractivity contribution is -0.117. The van der Waals surface area contributed by atoms with Crippen molar-refractivity contribution in [2.45, 2.75) is 32.9 Å². The van der Waals surface area contributed by atoms with Gasteiger partial charge in [0.2, 0.25) is 12.6 Å². The van der Waals surface area contributed by atoms with Gasteiger partial charge in [-0.1, -0.05) is 42.5 Å². The number of hydrogen-bond donors (Lipinski definition) is 1. The predicted molar refractivity (Wildman–Crippen MR) is 151 cm³/mol. The molecule has 1 atom stereocenters. The monoisotopic (exact) mass is 554 g/mol. The van der Waals surface area contributed by atoms with Crippen LogP contribution in [0.1, 0.15) is 40.8 Å². The summed E-state index contributed by atoms with van der Waals surface area (Å²) in [5.74, 6) is -0.0214. The Morgan fingerprint density at radius 1 is 1.05 bits per heavy atom. The summed E-state index contributed by atoms with van der Waals surface area (Å²) >= 11 is 1.24. The van der Waals surface area contributed by atoms with E-state index in [0.29, 0.717) is 44.1 Å². The van der Waals surface area contributed by atoms with Gasteiger partial charge in [0.05, 0.1) is 28.3 Å². The topological polar surface area (TPSA) is 98.2 Å². The van der Waals surface area contributed by atoms with Crippen molar-refractivity contribution in [1.29, 1.82) is 0 Å². The average molecular weight is 555 g/mol. The molecule has 2 aliphatic heterocycles. The van der Waals surface area contributed by atoms with E-state index in [1.54, 1.807) is 49.4 Å². The Balaban J connectivity index is 1.45. The van der Waals surface area contributed by atoms with Crippen LogP contribution in [0.15, 0.2) is 84.1 Å². The minimum Gasteiger partial charge on any atom is -0.503 e. The first-order chi connectivity index (χ1) is 19.3. The van der Waals surface area contributed by atoms with Crippen LogP contribution < -0.4 is 19.1 Å². The Kier molecular flexibility index (Phi) is 6.51. The number of hydrogen-bond acceptors (Lipinski definition) is 8. The quantitative estimate of drug-likeness (QED) is 0.263. The molecule has 0 bridgehead atoms. The van der Waals surface area contributed by atoms with Gasteiger partial charge in [-0.05, 0) is 50.6 Å². The van der Waals surface area contributed by atoms with Crippen LogP contribution in [-0.2, 0) is 4.79 Å². The van der Waals surface area contributed by atoms with Crippen molar-refractivity contribution in [2.75, 3.05) is 11.7 Å². The number of aliphatic hydroxyl groups excluding tert-OH is 1. The number of benzene rings is 3. The Morgan fingerprint density at radius 3 is 2.50 bits per heavy atom. The normalized spacial score (nSPS) is 16.2. The zero-order chi connectivity index (χ0) is 28.0. The highest BCUT2D eigenvalue weighted by Crippen LogP contribution is 2.46. The molecule has 202 valence electrons. The SMILES string of the molecule is Cc1nc(-c2ccccc2)sc1C(=O)C1=C(O)C(=O)N(c2ccc3c(c2)OCO3)C1c1ccc(OC(C)C)cc1. The van der Waals surface area contributed by atoms with Crippen molar-refractivity contribution < 1.29 is 28.9 Å². The highest BCUT2D eigenvalue weighted by Gasteiger charge is 2.45. The van der Waals surface area contributed by atoms with Gasteiger partial charge >= 0.3 is 0 Å². The number of aliphatic hydroxyl groups is 1. The number of aryl methyl sites for hydroxylation is 1. The molecule has 0 saturated carbocycles. The molecule has 0 radical (unpaired) electrons. The van der Waals surface area contributed by atoms with Crippen molar-refractivity contribution >= 4 is 28.7 Å². The van der Waals surface area contributed by atoms with Crippen molar-refractivity contribution in [3.05, 3.63) is 100 Å². The molecule has 8 nitrogen and oxygen atoms in total. The van der Waals surface area contributed by atoms with Crippen LogP contribution in [0.2, 0.25) is 0 Å². The van der Waals surface area contributed by atoms with Gasteiger partial charge in [0.25, 0.3) is 5.91 Å². The van der Waals surface area contributed by atoms with Gasteiger partial charge in [-0.25, -0.2) is 4.98 Å². The fraction of sp³-hybridized carbons (Fsp3) is 0.194. The van der Waals surface area contributed by atoms with Crippen LogP contribution in [0.3, 0.4) is 0 Å². The summed E-state index contributed by atoms with van der Waals surface area (Å²) in [5.41, 5.74) is 2.51. The minimum atomic E-state index is -0.893. The van der Waals surface area contributed by atoms with E-state index in [1.807, 2.05) is 44.2 Å². The minimum absolute atomic E-state index is 0.00782. The molecule has 0 aliphatic carbocycles. The van der Waals surface area contributed by atoms with E-state index in [-0.39, 0.29) is 18.5 Å². The molecular weight excluding hydrogens is 528 g/mol. The lowest BCUT2D eigenvalue weighted by Gasteiger charge is -2.27. The zero-order valence-electron chi connectivity index (χ0n) is 22.1. The van der Waals surface area contributed by atoms with Crippen LogP contribution >= 0.6 is 11.3 Å². The molecule has 1 unspecified atom stereocenters. The Morgan fingerprint density at radius 2 is 1.77 bits per heavy atom. The molecule has 9 heteroatoms. The van der Waals surface area contributed by atoms with E-state index in [0.717, 1.165) is 5.56 Å². The van der Waals surface area contributed by atoms with E-state index in [2.05, 4.69) is 4.98 Å². The van der Waals surface area contributed by atoms with E-state index in [1.165, 1.54) is 16.2 Å². The summed E-state index contributed by atoms with van der Waals surface area (Å²) in [5, 5.41) is 11.9. The number of Topliss-reactive ketones (excluding diaryl/α,β-unsaturated/α-hetero) is 1. The van der Waals surface area contributed by atoms with Crippen molar-refractivity contribution in [3.8, 4) is 27.8 Å². The fourth-order valence-electron chi connectivity index (χ4n) is 4.89. The largest absolute Gasteiger partial charge is 0.503 e. The number of carbonyl (C=O) groups is 2. The standard InChI is InChI=1S/C31H26N2O6S/c1-17(2)39-22-12-9-19(10-13-22)26-25(27(34)29-18(3)32-30(40-29)20-7-5-4-6-8-20)28(35)31(36)33(26)21-11-14-23-24(15-21)38-16-37-23/h4-15,17,26,35H,16H2,1-3H3. The summed E-state index contributed by atoms with van der Waals surface area (Å²) in [4.78, 5) is 34.1. The van der Waals surface area contributed by atoms with Crippen molar-refractivity contribution in [3.63, 3.8) is 0 Å². The number of anilines is 1. The Labute approximate surface area is 235 Å². The number of carbonyl (C=O) groups excluding carboxylic acids is 2. The maximum absolute atomic E-state index is 14.1. The molecule has 0 spiro atoms. The Bertz CT molecular complexity index is 1640. The maximum atomic E-state index is 14.1. The summed E-state index contributed by atoms with van der Waals surface area (Å²) in [6, 6.07) is 21.0. The highest BCUT2D eigenvalue weighted by molar-refractivity contribution is 7.17. The van der Waals surface area contributed by atoms with Crippen LogP contribution in [0, 0.1) is 6.92 Å². The van der Waals surface area contributed by atoms with E-state index < -0.39 is 23.5 Å². The predicted octanol–water partition coefficient (Wildman–Crippen LogP) is 6.42. The summed E-state index contributed by atoms with van der Waals surface area (Å²) < 4.78 is 16.8. The summed E-state index contributed by atoms with van der Waals surface area (Å²) in [6.45, 7) is 5.70. The molecule has 4 aromatic rings. The number of amides is 1. The van der Waals surface area contributed by atoms with E-state index in [4.69, 9.17) is 14.2 Å². The molecule has 40 heavy (non-hydrogen) atoms. The van der Waals surface area contributed by atoms with E-state index in [9.17, 15) is 14.7 Å². The first-order valence-corrected chi connectivity index (χ1v) is 13.6. The van der Waals surface area contributed by atoms with Crippen LogP contribution in [0.5, 0.6) is 17.2 Å². The molecule has 0 fully saturated rings. The van der Waals surface area contributed by atoms with Gasteiger partial charge in [-0.3, -0.25) is 14.5 Å². The number of nitrogens with zero attached hydrogens (tertiary/aromatic N) is 2. The second-order valence-electron chi connectivity index (χ2n) is 9.74. The van der Waals surface area contributed by atoms with Crippen LogP contribution in [0.25, 0.3) is 10.6 Å². The van der Waals surface area contributed by atoms with Gasteiger partial charge in [-0.15, -0.1) is 11.3 Å². The van der Waals surface area contributed by atoms with Crippen molar-refractivity contribution in [2.24, 2.45) is 0 Å². The number of aromatic nitrogens is 1. The van der Waals surface area contributed by atoms with Gasteiger partial charge in [-0.2, -0.15) is 0 Å². The van der Waals surface area contributed by atoms with Crippen molar-refractivity contribution in [1.82, 2.24) is 4.98 Å². The first kappa shape index (κ1) is 25.6. The number of thiazole rings is 1.